The van der Waals surface area contributed by atoms with Gasteiger partial charge in [0, 0.05) is 11.1 Å². The molecule has 3 aromatic rings. The Morgan fingerprint density at radius 2 is 1.88 bits per heavy atom. The molecule has 1 amide bonds. The molecule has 1 aromatic heterocycles. The van der Waals surface area contributed by atoms with E-state index >= 15 is 0 Å². The second kappa shape index (κ2) is 6.74. The Balaban J connectivity index is 1.95. The van der Waals surface area contributed by atoms with Crippen LogP contribution in [0.4, 0.5) is 0 Å². The predicted octanol–water partition coefficient (Wildman–Crippen LogP) is 2.06. The van der Waals surface area contributed by atoms with Gasteiger partial charge in [-0.1, -0.05) is 35.5 Å². The molecule has 1 heterocycles. The maximum absolute atomic E-state index is 12.3. The van der Waals surface area contributed by atoms with Crippen molar-refractivity contribution in [2.24, 2.45) is 0 Å². The molecule has 0 aliphatic heterocycles. The van der Waals surface area contributed by atoms with E-state index in [0.717, 1.165) is 5.56 Å². The maximum Gasteiger partial charge on any atom is 0.328 e. The molecule has 0 aliphatic carbocycles. The molecule has 0 aliphatic rings. The Hall–Kier alpha value is -3.19. The zero-order valence-corrected chi connectivity index (χ0v) is 13.3. The molecule has 25 heavy (non-hydrogen) atoms. The van der Waals surface area contributed by atoms with Crippen molar-refractivity contribution in [3.05, 3.63) is 54.1 Å². The number of amides is 1. The quantitative estimate of drug-likeness (QED) is 0.655. The molecule has 0 spiro atoms. The lowest BCUT2D eigenvalue weighted by molar-refractivity contribution is -0.141. The molecule has 7 nitrogen and oxygen atoms in total. The highest BCUT2D eigenvalue weighted by Crippen LogP contribution is 2.29. The number of fused-ring (bicyclic) bond motifs is 1. The number of aromatic nitrogens is 1. The Morgan fingerprint density at radius 3 is 2.52 bits per heavy atom. The number of carbonyl (C=O) groups is 2. The summed E-state index contributed by atoms with van der Waals surface area (Å²) in [5.74, 6) is -1.38. The third-order valence-electron chi connectivity index (χ3n) is 3.81. The first-order chi connectivity index (χ1) is 12.0. The summed E-state index contributed by atoms with van der Waals surface area (Å²) >= 11 is 0. The summed E-state index contributed by atoms with van der Waals surface area (Å²) in [6.07, 6.45) is -1.22. The van der Waals surface area contributed by atoms with E-state index in [2.05, 4.69) is 10.5 Å². The van der Waals surface area contributed by atoms with Crippen LogP contribution in [0.2, 0.25) is 0 Å². The fourth-order valence-electron chi connectivity index (χ4n) is 2.49. The van der Waals surface area contributed by atoms with E-state index in [0.29, 0.717) is 16.7 Å². The van der Waals surface area contributed by atoms with Crippen LogP contribution in [-0.4, -0.2) is 39.4 Å². The van der Waals surface area contributed by atoms with Crippen molar-refractivity contribution in [2.75, 3.05) is 0 Å². The number of nitrogens with one attached hydrogen (secondary N) is 1. The summed E-state index contributed by atoms with van der Waals surface area (Å²) in [6, 6.07) is 12.7. The Morgan fingerprint density at radius 1 is 1.16 bits per heavy atom. The highest BCUT2D eigenvalue weighted by atomic mass is 16.5. The molecule has 0 saturated carbocycles. The van der Waals surface area contributed by atoms with Crippen LogP contribution in [0.3, 0.4) is 0 Å². The third kappa shape index (κ3) is 3.36. The van der Waals surface area contributed by atoms with Gasteiger partial charge in [0.25, 0.3) is 5.91 Å². The fraction of sp³-hybridized carbons (Fsp3) is 0.167. The molecule has 0 fully saturated rings. The van der Waals surface area contributed by atoms with Gasteiger partial charge in [0.1, 0.15) is 5.52 Å². The van der Waals surface area contributed by atoms with E-state index < -0.39 is 24.0 Å². The van der Waals surface area contributed by atoms with Gasteiger partial charge in [-0.2, -0.15) is 0 Å². The molecule has 7 heteroatoms. The number of aliphatic hydroxyl groups is 1. The summed E-state index contributed by atoms with van der Waals surface area (Å²) in [7, 11) is 0. The van der Waals surface area contributed by atoms with Crippen molar-refractivity contribution in [1.29, 1.82) is 0 Å². The Kier molecular flexibility index (Phi) is 4.49. The van der Waals surface area contributed by atoms with Crippen molar-refractivity contribution < 1.29 is 24.3 Å². The van der Waals surface area contributed by atoms with E-state index in [1.807, 2.05) is 30.3 Å². The van der Waals surface area contributed by atoms with Gasteiger partial charge >= 0.3 is 5.97 Å². The standard InChI is InChI=1S/C18H16N2O5/c1-10(21)15(18(23)24)19-17(22)12-7-8-14-13(9-12)16(25-20-14)11-5-3-2-4-6-11/h2-10,15,21H,1H3,(H,19,22)(H,23,24)/t10-,15-/m0/s1. The SMILES string of the molecule is C[C@H](O)[C@H](NC(=O)c1ccc2noc(-c3ccccc3)c2c1)C(=O)O. The highest BCUT2D eigenvalue weighted by Gasteiger charge is 2.25. The zero-order valence-electron chi connectivity index (χ0n) is 13.3. The second-order valence-corrected chi connectivity index (χ2v) is 5.64. The van der Waals surface area contributed by atoms with Crippen LogP contribution >= 0.6 is 0 Å². The molecule has 0 unspecified atom stereocenters. The van der Waals surface area contributed by atoms with Gasteiger partial charge in [-0.25, -0.2) is 4.79 Å². The van der Waals surface area contributed by atoms with Crippen LogP contribution in [0.25, 0.3) is 22.2 Å². The number of benzene rings is 2. The van der Waals surface area contributed by atoms with Crippen molar-refractivity contribution >= 4 is 22.8 Å². The van der Waals surface area contributed by atoms with Crippen LogP contribution in [-0.2, 0) is 4.79 Å². The van der Waals surface area contributed by atoms with Gasteiger partial charge < -0.3 is 20.1 Å². The van der Waals surface area contributed by atoms with Gasteiger partial charge in [-0.15, -0.1) is 0 Å². The minimum absolute atomic E-state index is 0.250. The molecule has 0 radical (unpaired) electrons. The summed E-state index contributed by atoms with van der Waals surface area (Å²) in [6.45, 7) is 1.30. The summed E-state index contributed by atoms with van der Waals surface area (Å²) in [5.41, 5.74) is 1.65. The summed E-state index contributed by atoms with van der Waals surface area (Å²) in [5, 5.41) is 25.5. The lowest BCUT2D eigenvalue weighted by atomic mass is 10.1. The average Bonchev–Trinajstić information content (AvgIpc) is 3.02. The maximum atomic E-state index is 12.3. The molecular weight excluding hydrogens is 324 g/mol. The average molecular weight is 340 g/mol. The van der Waals surface area contributed by atoms with E-state index in [4.69, 9.17) is 9.63 Å². The van der Waals surface area contributed by atoms with Gasteiger partial charge in [0.05, 0.1) is 11.5 Å². The molecule has 3 rings (SSSR count). The summed E-state index contributed by atoms with van der Waals surface area (Å²) < 4.78 is 5.38. The highest BCUT2D eigenvalue weighted by molar-refractivity contribution is 6.02. The minimum atomic E-state index is -1.39. The largest absolute Gasteiger partial charge is 0.480 e. The topological polar surface area (TPSA) is 113 Å². The molecular formula is C18H16N2O5. The number of nitrogens with zero attached hydrogens (tertiary/aromatic N) is 1. The molecule has 0 saturated heterocycles. The van der Waals surface area contributed by atoms with E-state index in [1.165, 1.54) is 13.0 Å². The number of rotatable bonds is 5. The number of aliphatic carboxylic acids is 1. The molecule has 2 aromatic carbocycles. The number of aliphatic hydroxyl groups excluding tert-OH is 1. The van der Waals surface area contributed by atoms with Crippen molar-refractivity contribution in [3.63, 3.8) is 0 Å². The zero-order chi connectivity index (χ0) is 18.0. The first-order valence-electron chi connectivity index (χ1n) is 7.64. The lowest BCUT2D eigenvalue weighted by Crippen LogP contribution is -2.47. The van der Waals surface area contributed by atoms with Crippen molar-refractivity contribution in [1.82, 2.24) is 10.5 Å². The normalized spacial score (nSPS) is 13.4. The molecule has 0 bridgehead atoms. The smallest absolute Gasteiger partial charge is 0.328 e. The van der Waals surface area contributed by atoms with Gasteiger partial charge in [0.2, 0.25) is 0 Å². The first-order valence-corrected chi connectivity index (χ1v) is 7.64. The van der Waals surface area contributed by atoms with Crippen LogP contribution < -0.4 is 5.32 Å². The lowest BCUT2D eigenvalue weighted by Gasteiger charge is -2.16. The van der Waals surface area contributed by atoms with Crippen molar-refractivity contribution in [3.8, 4) is 11.3 Å². The van der Waals surface area contributed by atoms with Gasteiger partial charge in [-0.05, 0) is 25.1 Å². The van der Waals surface area contributed by atoms with Gasteiger partial charge in [-0.3, -0.25) is 4.79 Å². The van der Waals surface area contributed by atoms with E-state index in [9.17, 15) is 14.7 Å². The number of carboxylic acid groups (broad SMARTS) is 1. The fourth-order valence-corrected chi connectivity index (χ4v) is 2.49. The number of hydrogen-bond acceptors (Lipinski definition) is 5. The number of hydrogen-bond donors (Lipinski definition) is 3. The van der Waals surface area contributed by atoms with Gasteiger partial charge in [0.15, 0.2) is 11.8 Å². The monoisotopic (exact) mass is 340 g/mol. The third-order valence-corrected chi connectivity index (χ3v) is 3.81. The molecule has 3 N–H and O–H groups in total. The number of carbonyl (C=O) groups excluding carboxylic acids is 1. The second-order valence-electron chi connectivity index (χ2n) is 5.64. The number of carboxylic acids is 1. The molecule has 2 atom stereocenters. The van der Waals surface area contributed by atoms with Crippen LogP contribution in [0, 0.1) is 0 Å². The van der Waals surface area contributed by atoms with Crippen molar-refractivity contribution in [2.45, 2.75) is 19.1 Å². The predicted molar refractivity (Wildman–Crippen MR) is 90.0 cm³/mol. The van der Waals surface area contributed by atoms with Crippen LogP contribution in [0.1, 0.15) is 17.3 Å². The molecule has 128 valence electrons. The summed E-state index contributed by atoms with van der Waals surface area (Å²) in [4.78, 5) is 23.5. The van der Waals surface area contributed by atoms with E-state index in [-0.39, 0.29) is 5.56 Å². The van der Waals surface area contributed by atoms with E-state index in [1.54, 1.807) is 12.1 Å². The van der Waals surface area contributed by atoms with Crippen LogP contribution in [0.15, 0.2) is 53.1 Å². The Bertz CT molecular complexity index is 918. The Labute approximate surface area is 142 Å². The van der Waals surface area contributed by atoms with Crippen LogP contribution in [0.5, 0.6) is 0 Å². The minimum Gasteiger partial charge on any atom is -0.480 e. The first kappa shape index (κ1) is 16.7.